The first kappa shape index (κ1) is 14.2. The fourth-order valence-corrected chi connectivity index (χ4v) is 1.84. The standard InChI is InChI=1S/C15H20N4O/c1-5-10-6-8-11(9-7-10)16-14-17-13(20)12(18-19-14)15(2,3)4/h6-9H,5H2,1-4H3,(H2,16,17,19,20). The summed E-state index contributed by atoms with van der Waals surface area (Å²) in [6, 6.07) is 7.99. The number of hydrogen-bond donors (Lipinski definition) is 2. The molecular formula is C15H20N4O. The van der Waals surface area contributed by atoms with E-state index in [0.717, 1.165) is 12.1 Å². The Kier molecular flexibility index (Phi) is 3.88. The highest BCUT2D eigenvalue weighted by molar-refractivity contribution is 5.53. The summed E-state index contributed by atoms with van der Waals surface area (Å²) in [6.07, 6.45) is 0.997. The van der Waals surface area contributed by atoms with E-state index >= 15 is 0 Å². The van der Waals surface area contributed by atoms with Gasteiger partial charge in [-0.05, 0) is 24.1 Å². The first-order chi connectivity index (χ1) is 9.40. The lowest BCUT2D eigenvalue weighted by Gasteiger charge is -2.15. The lowest BCUT2D eigenvalue weighted by atomic mass is 9.93. The third-order valence-corrected chi connectivity index (χ3v) is 3.03. The Balaban J connectivity index is 2.22. The highest BCUT2D eigenvalue weighted by Crippen LogP contribution is 2.16. The van der Waals surface area contributed by atoms with Crippen LogP contribution in [0.25, 0.3) is 0 Å². The molecule has 2 aromatic rings. The number of aromatic amines is 1. The van der Waals surface area contributed by atoms with Crippen LogP contribution in [-0.4, -0.2) is 15.2 Å². The van der Waals surface area contributed by atoms with Gasteiger partial charge in [0.05, 0.1) is 0 Å². The normalized spacial score (nSPS) is 11.4. The van der Waals surface area contributed by atoms with Gasteiger partial charge in [0.15, 0.2) is 0 Å². The summed E-state index contributed by atoms with van der Waals surface area (Å²) in [7, 11) is 0. The summed E-state index contributed by atoms with van der Waals surface area (Å²) < 4.78 is 0. The number of anilines is 2. The maximum Gasteiger partial charge on any atom is 0.274 e. The molecule has 106 valence electrons. The Morgan fingerprint density at radius 2 is 1.80 bits per heavy atom. The molecule has 1 aromatic carbocycles. The highest BCUT2D eigenvalue weighted by Gasteiger charge is 2.20. The molecule has 0 unspecified atom stereocenters. The topological polar surface area (TPSA) is 70.7 Å². The van der Waals surface area contributed by atoms with E-state index in [1.165, 1.54) is 5.56 Å². The van der Waals surface area contributed by atoms with Crippen LogP contribution in [-0.2, 0) is 11.8 Å². The third-order valence-electron chi connectivity index (χ3n) is 3.03. The zero-order valence-corrected chi connectivity index (χ0v) is 12.3. The fraction of sp³-hybridized carbons (Fsp3) is 0.400. The minimum absolute atomic E-state index is 0.208. The van der Waals surface area contributed by atoms with Gasteiger partial charge in [-0.15, -0.1) is 10.2 Å². The molecule has 2 rings (SSSR count). The Bertz CT molecular complexity index is 638. The Hall–Kier alpha value is -2.17. The van der Waals surface area contributed by atoms with Gasteiger partial charge in [-0.1, -0.05) is 39.8 Å². The summed E-state index contributed by atoms with van der Waals surface area (Å²) in [4.78, 5) is 14.7. The molecule has 0 amide bonds. The zero-order valence-electron chi connectivity index (χ0n) is 12.3. The van der Waals surface area contributed by atoms with Crippen LogP contribution in [0.5, 0.6) is 0 Å². The average molecular weight is 272 g/mol. The van der Waals surface area contributed by atoms with Gasteiger partial charge in [0, 0.05) is 11.1 Å². The minimum atomic E-state index is -0.318. The van der Waals surface area contributed by atoms with Crippen LogP contribution in [0.1, 0.15) is 39.0 Å². The lowest BCUT2D eigenvalue weighted by molar-refractivity contribution is 0.547. The number of hydrogen-bond acceptors (Lipinski definition) is 4. The molecule has 0 aliphatic heterocycles. The predicted molar refractivity (Wildman–Crippen MR) is 80.5 cm³/mol. The second-order valence-electron chi connectivity index (χ2n) is 5.78. The third kappa shape index (κ3) is 3.23. The van der Waals surface area contributed by atoms with E-state index in [1.54, 1.807) is 0 Å². The number of benzene rings is 1. The average Bonchev–Trinajstić information content (AvgIpc) is 2.38. The first-order valence-electron chi connectivity index (χ1n) is 6.73. The van der Waals surface area contributed by atoms with Crippen LogP contribution in [0, 0.1) is 0 Å². The maximum absolute atomic E-state index is 12.0. The van der Waals surface area contributed by atoms with E-state index in [2.05, 4.69) is 27.4 Å². The number of rotatable bonds is 3. The fourth-order valence-electron chi connectivity index (χ4n) is 1.84. The lowest BCUT2D eigenvalue weighted by Crippen LogP contribution is -2.28. The quantitative estimate of drug-likeness (QED) is 0.901. The van der Waals surface area contributed by atoms with Crippen molar-refractivity contribution in [2.45, 2.75) is 39.5 Å². The SMILES string of the molecule is CCc1ccc(Nc2nnc(C(C)(C)C)c(=O)[nH]2)cc1. The molecule has 5 nitrogen and oxygen atoms in total. The molecule has 0 saturated carbocycles. The van der Waals surface area contributed by atoms with Crippen LogP contribution in [0.2, 0.25) is 0 Å². The van der Waals surface area contributed by atoms with Gasteiger partial charge < -0.3 is 5.32 Å². The van der Waals surface area contributed by atoms with Gasteiger partial charge in [-0.25, -0.2) is 0 Å². The van der Waals surface area contributed by atoms with Gasteiger partial charge in [-0.2, -0.15) is 0 Å². The van der Waals surface area contributed by atoms with Crippen molar-refractivity contribution in [3.05, 3.63) is 45.9 Å². The molecule has 0 bridgehead atoms. The molecule has 1 heterocycles. The van der Waals surface area contributed by atoms with E-state index in [1.807, 2.05) is 45.0 Å². The van der Waals surface area contributed by atoms with Gasteiger partial charge in [0.2, 0.25) is 5.95 Å². The summed E-state index contributed by atoms with van der Waals surface area (Å²) in [5, 5.41) is 11.1. The largest absolute Gasteiger partial charge is 0.324 e. The van der Waals surface area contributed by atoms with Crippen molar-refractivity contribution < 1.29 is 0 Å². The zero-order chi connectivity index (χ0) is 14.8. The minimum Gasteiger partial charge on any atom is -0.324 e. The Labute approximate surface area is 118 Å². The van der Waals surface area contributed by atoms with Crippen LogP contribution in [0.15, 0.2) is 29.1 Å². The summed E-state index contributed by atoms with van der Waals surface area (Å²) in [5.41, 5.74) is 2.04. The van der Waals surface area contributed by atoms with Gasteiger partial charge in [0.1, 0.15) is 5.69 Å². The van der Waals surface area contributed by atoms with Gasteiger partial charge >= 0.3 is 0 Å². The van der Waals surface area contributed by atoms with Crippen molar-refractivity contribution in [1.82, 2.24) is 15.2 Å². The summed E-state index contributed by atoms with van der Waals surface area (Å²) in [6.45, 7) is 7.91. The van der Waals surface area contributed by atoms with Gasteiger partial charge in [0.25, 0.3) is 5.56 Å². The van der Waals surface area contributed by atoms with Crippen LogP contribution < -0.4 is 10.9 Å². The molecule has 0 aliphatic carbocycles. The number of aryl methyl sites for hydroxylation is 1. The number of nitrogens with zero attached hydrogens (tertiary/aromatic N) is 2. The molecule has 0 fully saturated rings. The molecule has 0 aliphatic rings. The van der Waals surface area contributed by atoms with Crippen molar-refractivity contribution >= 4 is 11.6 Å². The summed E-state index contributed by atoms with van der Waals surface area (Å²) >= 11 is 0. The monoisotopic (exact) mass is 272 g/mol. The number of nitrogens with one attached hydrogen (secondary N) is 2. The predicted octanol–water partition coefficient (Wildman–Crippen LogP) is 2.77. The van der Waals surface area contributed by atoms with E-state index in [9.17, 15) is 4.79 Å². The maximum atomic E-state index is 12.0. The Morgan fingerprint density at radius 3 is 2.30 bits per heavy atom. The van der Waals surface area contributed by atoms with Crippen molar-refractivity contribution in [3.63, 3.8) is 0 Å². The second kappa shape index (κ2) is 5.45. The molecule has 0 saturated heterocycles. The first-order valence-corrected chi connectivity index (χ1v) is 6.73. The Morgan fingerprint density at radius 1 is 1.15 bits per heavy atom. The van der Waals surface area contributed by atoms with Crippen LogP contribution in [0.3, 0.4) is 0 Å². The van der Waals surface area contributed by atoms with E-state index in [0.29, 0.717) is 11.6 Å². The molecular weight excluding hydrogens is 252 g/mol. The van der Waals surface area contributed by atoms with Gasteiger partial charge in [-0.3, -0.25) is 9.78 Å². The molecule has 1 aromatic heterocycles. The number of aromatic nitrogens is 3. The second-order valence-corrected chi connectivity index (χ2v) is 5.78. The smallest absolute Gasteiger partial charge is 0.274 e. The van der Waals surface area contributed by atoms with E-state index < -0.39 is 0 Å². The molecule has 0 spiro atoms. The molecule has 5 heteroatoms. The molecule has 20 heavy (non-hydrogen) atoms. The van der Waals surface area contributed by atoms with Crippen LogP contribution in [0.4, 0.5) is 11.6 Å². The van der Waals surface area contributed by atoms with Crippen molar-refractivity contribution in [2.24, 2.45) is 0 Å². The number of H-pyrrole nitrogens is 1. The van der Waals surface area contributed by atoms with E-state index in [-0.39, 0.29) is 11.0 Å². The highest BCUT2D eigenvalue weighted by atomic mass is 16.1. The van der Waals surface area contributed by atoms with Crippen LogP contribution >= 0.6 is 0 Å². The van der Waals surface area contributed by atoms with Crippen molar-refractivity contribution in [1.29, 1.82) is 0 Å². The molecule has 0 radical (unpaired) electrons. The van der Waals surface area contributed by atoms with E-state index in [4.69, 9.17) is 0 Å². The van der Waals surface area contributed by atoms with Crippen molar-refractivity contribution in [2.75, 3.05) is 5.32 Å². The molecule has 0 atom stereocenters. The van der Waals surface area contributed by atoms with Crippen molar-refractivity contribution in [3.8, 4) is 0 Å². The summed E-state index contributed by atoms with van der Waals surface area (Å²) in [5.74, 6) is 0.354. The molecule has 2 N–H and O–H groups in total.